The van der Waals surface area contributed by atoms with E-state index >= 15 is 0 Å². The number of rotatable bonds is 8. The number of hydrogen-bond donors (Lipinski definition) is 0. The minimum absolute atomic E-state index is 0.136. The molecule has 1 fully saturated rings. The Kier molecular flexibility index (Phi) is 7.00. The summed E-state index contributed by atoms with van der Waals surface area (Å²) >= 11 is 0. The lowest BCUT2D eigenvalue weighted by molar-refractivity contribution is 0.0550. The van der Waals surface area contributed by atoms with Crippen LogP contribution < -0.4 is 4.90 Å². The molecule has 0 spiro atoms. The minimum Gasteiger partial charge on any atom is -0.477 e. The van der Waals surface area contributed by atoms with Crippen LogP contribution in [0.5, 0.6) is 0 Å². The minimum atomic E-state index is -3.17. The zero-order valence-electron chi connectivity index (χ0n) is 19.8. The molecule has 2 aromatic carbocycles. The monoisotopic (exact) mass is 470 g/mol. The highest BCUT2D eigenvalue weighted by molar-refractivity contribution is 7.90. The van der Waals surface area contributed by atoms with E-state index in [-0.39, 0.29) is 12.2 Å². The summed E-state index contributed by atoms with van der Waals surface area (Å²) in [5.74, 6) is 0.750. The Morgan fingerprint density at radius 3 is 2.58 bits per heavy atom. The van der Waals surface area contributed by atoms with Crippen LogP contribution in [0.2, 0.25) is 0 Å². The van der Waals surface area contributed by atoms with Gasteiger partial charge in [-0.25, -0.2) is 8.42 Å². The fourth-order valence-corrected chi connectivity index (χ4v) is 5.10. The van der Waals surface area contributed by atoms with Crippen molar-refractivity contribution in [2.45, 2.75) is 56.9 Å². The first-order valence-electron chi connectivity index (χ1n) is 11.6. The molecule has 1 atom stereocenters. The largest absolute Gasteiger partial charge is 0.477 e. The Morgan fingerprint density at radius 1 is 1.12 bits per heavy atom. The van der Waals surface area contributed by atoms with Crippen molar-refractivity contribution in [3.8, 4) is 0 Å². The highest BCUT2D eigenvalue weighted by atomic mass is 32.2. The van der Waals surface area contributed by atoms with Gasteiger partial charge in [-0.1, -0.05) is 18.2 Å². The molecule has 2 heterocycles. The Bertz CT molecular complexity index is 1100. The van der Waals surface area contributed by atoms with Gasteiger partial charge < -0.3 is 19.3 Å². The highest BCUT2D eigenvalue weighted by Crippen LogP contribution is 2.26. The molecule has 2 aliphatic heterocycles. The van der Waals surface area contributed by atoms with E-state index in [0.717, 1.165) is 50.6 Å². The van der Waals surface area contributed by atoms with Gasteiger partial charge in [0.15, 0.2) is 15.7 Å². The molecule has 6 nitrogen and oxygen atoms in total. The van der Waals surface area contributed by atoms with Gasteiger partial charge in [-0.15, -0.1) is 0 Å². The number of ether oxygens (including phenoxy) is 2. The molecular weight excluding hydrogens is 436 g/mol. The van der Waals surface area contributed by atoms with Crippen LogP contribution in [0.4, 0.5) is 5.69 Å². The maximum atomic E-state index is 11.7. The van der Waals surface area contributed by atoms with E-state index in [9.17, 15) is 8.42 Å². The van der Waals surface area contributed by atoms with Gasteiger partial charge in [0.1, 0.15) is 0 Å². The van der Waals surface area contributed by atoms with Crippen LogP contribution >= 0.6 is 0 Å². The fourth-order valence-electron chi connectivity index (χ4n) is 4.47. The topological polar surface area (TPSA) is 59.1 Å². The Balaban J connectivity index is 1.29. The van der Waals surface area contributed by atoms with Crippen LogP contribution in [-0.4, -0.2) is 51.4 Å². The van der Waals surface area contributed by atoms with Gasteiger partial charge in [-0.2, -0.15) is 0 Å². The molecule has 0 bridgehead atoms. The summed E-state index contributed by atoms with van der Waals surface area (Å²) in [7, 11) is -3.17. The predicted octanol–water partition coefficient (Wildman–Crippen LogP) is 4.14. The molecule has 0 unspecified atom stereocenters. The van der Waals surface area contributed by atoms with Crippen molar-refractivity contribution in [2.24, 2.45) is 0 Å². The lowest BCUT2D eigenvalue weighted by Gasteiger charge is -2.32. The molecule has 0 aromatic heterocycles. The maximum Gasteiger partial charge on any atom is 0.182 e. The number of benzene rings is 2. The van der Waals surface area contributed by atoms with E-state index in [2.05, 4.69) is 34.6 Å². The van der Waals surface area contributed by atoms with Crippen LogP contribution in [0, 0.1) is 0 Å². The zero-order chi connectivity index (χ0) is 23.6. The summed E-state index contributed by atoms with van der Waals surface area (Å²) in [5, 5.41) is 0. The van der Waals surface area contributed by atoms with Gasteiger partial charge in [0.2, 0.25) is 0 Å². The van der Waals surface area contributed by atoms with Crippen LogP contribution in [0.1, 0.15) is 37.0 Å². The zero-order valence-corrected chi connectivity index (χ0v) is 20.6. The normalized spacial score (nSPS) is 18.5. The molecule has 1 saturated heterocycles. The number of hydrogen-bond acceptors (Lipinski definition) is 6. The molecule has 7 heteroatoms. The first-order valence-corrected chi connectivity index (χ1v) is 13.5. The van der Waals surface area contributed by atoms with Crippen molar-refractivity contribution in [1.82, 2.24) is 4.90 Å². The number of nitrogens with zero attached hydrogens (tertiary/aromatic N) is 2. The average Bonchev–Trinajstić information content (AvgIpc) is 3.25. The smallest absolute Gasteiger partial charge is 0.182 e. The molecule has 178 valence electrons. The summed E-state index contributed by atoms with van der Waals surface area (Å²) in [4.78, 5) is 4.81. The standard InChI is InChI=1S/C26H34N2O4S/c1-19(2)32-20(3)27-13-11-22-15-21(5-6-23(22)16-27)18-31-25-12-14-28(17-25)24-7-9-26(10-8-24)33(4,29)30/h5-10,15,19,25H,3,11-14,16-18H2,1-2,4H3/t25-/m0/s1. The van der Waals surface area contributed by atoms with Crippen molar-refractivity contribution in [3.05, 3.63) is 71.6 Å². The molecule has 0 radical (unpaired) electrons. The number of anilines is 1. The van der Waals surface area contributed by atoms with Gasteiger partial charge >= 0.3 is 0 Å². The molecule has 2 aliphatic rings. The Labute approximate surface area is 197 Å². The van der Waals surface area contributed by atoms with E-state index in [0.29, 0.717) is 11.5 Å². The first-order chi connectivity index (χ1) is 15.7. The van der Waals surface area contributed by atoms with Gasteiger partial charge in [0.05, 0.1) is 23.7 Å². The maximum absolute atomic E-state index is 11.7. The Hall–Kier alpha value is -2.51. The van der Waals surface area contributed by atoms with E-state index in [1.807, 2.05) is 26.0 Å². The highest BCUT2D eigenvalue weighted by Gasteiger charge is 2.24. The fraction of sp³-hybridized carbons (Fsp3) is 0.462. The van der Waals surface area contributed by atoms with Crippen LogP contribution in [0.3, 0.4) is 0 Å². The predicted molar refractivity (Wildman–Crippen MR) is 131 cm³/mol. The molecule has 0 amide bonds. The summed E-state index contributed by atoms with van der Waals surface area (Å²) in [5.41, 5.74) is 4.94. The molecule has 0 N–H and O–H groups in total. The van der Waals surface area contributed by atoms with Crippen LogP contribution in [0.15, 0.2) is 59.8 Å². The number of sulfone groups is 1. The summed E-state index contributed by atoms with van der Waals surface area (Å²) in [6, 6.07) is 13.8. The first kappa shape index (κ1) is 23.6. The van der Waals surface area contributed by atoms with E-state index in [1.165, 1.54) is 22.9 Å². The SMILES string of the molecule is C=C(OC(C)C)N1CCc2cc(CO[C@H]3CCN(c4ccc(S(C)(=O)=O)cc4)C3)ccc2C1. The lowest BCUT2D eigenvalue weighted by Crippen LogP contribution is -2.31. The van der Waals surface area contributed by atoms with E-state index < -0.39 is 9.84 Å². The molecule has 0 saturated carbocycles. The molecule has 2 aromatic rings. The van der Waals surface area contributed by atoms with Crippen molar-refractivity contribution in [1.29, 1.82) is 0 Å². The second-order valence-corrected chi connectivity index (χ2v) is 11.3. The molecule has 33 heavy (non-hydrogen) atoms. The summed E-state index contributed by atoms with van der Waals surface area (Å²) < 4.78 is 35.3. The van der Waals surface area contributed by atoms with E-state index in [1.54, 1.807) is 12.1 Å². The third-order valence-corrected chi connectivity index (χ3v) is 7.40. The van der Waals surface area contributed by atoms with Gasteiger partial charge in [-0.3, -0.25) is 0 Å². The summed E-state index contributed by atoms with van der Waals surface area (Å²) in [6.07, 6.45) is 3.48. The Morgan fingerprint density at radius 2 is 1.88 bits per heavy atom. The van der Waals surface area contributed by atoms with Crippen LogP contribution in [0.25, 0.3) is 0 Å². The second kappa shape index (κ2) is 9.77. The van der Waals surface area contributed by atoms with Crippen molar-refractivity contribution in [3.63, 3.8) is 0 Å². The molecular formula is C26H34N2O4S. The van der Waals surface area contributed by atoms with Crippen molar-refractivity contribution in [2.75, 3.05) is 30.8 Å². The third kappa shape index (κ3) is 5.89. The molecule has 4 rings (SSSR count). The van der Waals surface area contributed by atoms with Gasteiger partial charge in [0, 0.05) is 38.1 Å². The number of fused-ring (bicyclic) bond motifs is 1. The molecule has 0 aliphatic carbocycles. The second-order valence-electron chi connectivity index (χ2n) is 9.27. The van der Waals surface area contributed by atoms with Crippen molar-refractivity contribution < 1.29 is 17.9 Å². The summed E-state index contributed by atoms with van der Waals surface area (Å²) in [6.45, 7) is 12.2. The van der Waals surface area contributed by atoms with Gasteiger partial charge in [0.25, 0.3) is 0 Å². The van der Waals surface area contributed by atoms with E-state index in [4.69, 9.17) is 9.47 Å². The van der Waals surface area contributed by atoms with Gasteiger partial charge in [-0.05, 0) is 74.2 Å². The average molecular weight is 471 g/mol. The van der Waals surface area contributed by atoms with Crippen LogP contribution in [-0.2, 0) is 38.9 Å². The lowest BCUT2D eigenvalue weighted by atomic mass is 9.97. The third-order valence-electron chi connectivity index (χ3n) is 6.27. The van der Waals surface area contributed by atoms with Crippen molar-refractivity contribution >= 4 is 15.5 Å². The quantitative estimate of drug-likeness (QED) is 0.541.